The van der Waals surface area contributed by atoms with Crippen LogP contribution in [-0.2, 0) is 28.6 Å². The van der Waals surface area contributed by atoms with E-state index in [4.69, 9.17) is 14.2 Å². The topological polar surface area (TPSA) is 78.9 Å². The van der Waals surface area contributed by atoms with Crippen molar-refractivity contribution in [1.82, 2.24) is 0 Å². The van der Waals surface area contributed by atoms with Crippen molar-refractivity contribution in [2.45, 2.75) is 219 Å². The lowest BCUT2D eigenvalue weighted by atomic mass is 10.1. The number of ether oxygens (including phenoxy) is 3. The standard InChI is InChI=1S/C61H96O6/c1-4-7-10-13-16-19-22-25-27-28-29-30-31-32-34-36-39-42-45-48-51-54-60(63)66-57-58(56-65-59(62)53-50-47-44-41-38-35-24-21-18-15-12-9-6-3)67-61(64)55-52-49-46-43-40-37-33-26-23-20-17-14-11-8-5-2/h7,9-10,12,16,18-19,21,25-27,29-30,32-35,38-39,42,44,47,58H,4-6,8,11,13-15,17,20,22-24,28,31,36-37,40-41,43,45-46,48-57H2,1-3H3/b10-7-,12-9-,19-16-,21-18-,27-25-,30-29-,33-26-,34-32-,38-35-,42-39-,47-44-. The fourth-order valence-corrected chi connectivity index (χ4v) is 6.69. The van der Waals surface area contributed by atoms with Gasteiger partial charge in [-0.1, -0.05) is 206 Å². The molecule has 0 N–H and O–H groups in total. The summed E-state index contributed by atoms with van der Waals surface area (Å²) < 4.78 is 16.7. The molecule has 0 spiro atoms. The zero-order valence-corrected chi connectivity index (χ0v) is 42.9. The molecule has 0 amide bonds. The predicted molar refractivity (Wildman–Crippen MR) is 288 cm³/mol. The van der Waals surface area contributed by atoms with Crippen LogP contribution in [0.1, 0.15) is 213 Å². The first-order chi connectivity index (χ1) is 33.0. The van der Waals surface area contributed by atoms with Crippen LogP contribution < -0.4 is 0 Å². The third kappa shape index (κ3) is 52.4. The smallest absolute Gasteiger partial charge is 0.306 e. The Morgan fingerprint density at radius 1 is 0.313 bits per heavy atom. The first-order valence-corrected chi connectivity index (χ1v) is 26.7. The predicted octanol–water partition coefficient (Wildman–Crippen LogP) is 17.9. The fraction of sp³-hybridized carbons (Fsp3) is 0.590. The van der Waals surface area contributed by atoms with Crippen LogP contribution in [0.15, 0.2) is 134 Å². The van der Waals surface area contributed by atoms with Gasteiger partial charge in [0.2, 0.25) is 0 Å². The maximum Gasteiger partial charge on any atom is 0.306 e. The van der Waals surface area contributed by atoms with Gasteiger partial charge in [-0.15, -0.1) is 0 Å². The minimum Gasteiger partial charge on any atom is -0.462 e. The van der Waals surface area contributed by atoms with E-state index >= 15 is 0 Å². The van der Waals surface area contributed by atoms with Gasteiger partial charge in [-0.25, -0.2) is 0 Å². The van der Waals surface area contributed by atoms with Crippen molar-refractivity contribution in [2.24, 2.45) is 0 Å². The highest BCUT2D eigenvalue weighted by Gasteiger charge is 2.19. The van der Waals surface area contributed by atoms with Crippen LogP contribution in [0.25, 0.3) is 0 Å². The highest BCUT2D eigenvalue weighted by atomic mass is 16.6. The first kappa shape index (κ1) is 62.5. The molecule has 0 aliphatic carbocycles. The summed E-state index contributed by atoms with van der Waals surface area (Å²) in [5.41, 5.74) is 0. The minimum atomic E-state index is -0.834. The van der Waals surface area contributed by atoms with Crippen LogP contribution in [0.4, 0.5) is 0 Å². The third-order valence-electron chi connectivity index (χ3n) is 10.6. The molecule has 6 heteroatoms. The van der Waals surface area contributed by atoms with Gasteiger partial charge in [-0.05, 0) is 122 Å². The Labute approximate surface area is 411 Å². The maximum atomic E-state index is 12.8. The molecular formula is C61H96O6. The van der Waals surface area contributed by atoms with E-state index in [1.54, 1.807) is 0 Å². The monoisotopic (exact) mass is 925 g/mol. The second-order valence-electron chi connectivity index (χ2n) is 17.0. The van der Waals surface area contributed by atoms with Gasteiger partial charge in [0.15, 0.2) is 6.10 Å². The Morgan fingerprint density at radius 3 is 1.04 bits per heavy atom. The summed E-state index contributed by atoms with van der Waals surface area (Å²) in [6.07, 6.45) is 76.0. The number of hydrogen-bond acceptors (Lipinski definition) is 6. The van der Waals surface area contributed by atoms with E-state index in [1.165, 1.54) is 51.4 Å². The number of unbranched alkanes of at least 4 members (excludes halogenated alkanes) is 13. The molecule has 376 valence electrons. The Kier molecular flexibility index (Phi) is 50.6. The Morgan fingerprint density at radius 2 is 0.612 bits per heavy atom. The molecule has 0 radical (unpaired) electrons. The van der Waals surface area contributed by atoms with Crippen LogP contribution in [0.2, 0.25) is 0 Å². The highest BCUT2D eigenvalue weighted by molar-refractivity contribution is 5.71. The van der Waals surface area contributed by atoms with Crippen molar-refractivity contribution in [3.63, 3.8) is 0 Å². The van der Waals surface area contributed by atoms with Gasteiger partial charge >= 0.3 is 17.9 Å². The van der Waals surface area contributed by atoms with Crippen molar-refractivity contribution < 1.29 is 28.6 Å². The summed E-state index contributed by atoms with van der Waals surface area (Å²) in [6, 6.07) is 0. The number of carbonyl (C=O) groups excluding carboxylic acids is 3. The van der Waals surface area contributed by atoms with Crippen molar-refractivity contribution in [3.8, 4) is 0 Å². The van der Waals surface area contributed by atoms with Gasteiger partial charge in [0, 0.05) is 19.3 Å². The lowest BCUT2D eigenvalue weighted by Crippen LogP contribution is -2.30. The molecule has 6 nitrogen and oxygen atoms in total. The first-order valence-electron chi connectivity index (χ1n) is 26.7. The van der Waals surface area contributed by atoms with E-state index in [-0.39, 0.29) is 50.4 Å². The van der Waals surface area contributed by atoms with Gasteiger partial charge in [0.05, 0.1) is 0 Å². The average molecular weight is 925 g/mol. The lowest BCUT2D eigenvalue weighted by molar-refractivity contribution is -0.166. The quantitative estimate of drug-likeness (QED) is 0.0262. The molecule has 0 saturated heterocycles. The molecule has 0 aliphatic heterocycles. The lowest BCUT2D eigenvalue weighted by Gasteiger charge is -2.18. The number of carbonyl (C=O) groups is 3. The Balaban J connectivity index is 4.56. The molecule has 0 rings (SSSR count). The van der Waals surface area contributed by atoms with Gasteiger partial charge < -0.3 is 14.2 Å². The van der Waals surface area contributed by atoms with Crippen LogP contribution in [0.5, 0.6) is 0 Å². The van der Waals surface area contributed by atoms with Crippen LogP contribution in [-0.4, -0.2) is 37.2 Å². The molecule has 0 heterocycles. The molecule has 1 atom stereocenters. The molecule has 0 bridgehead atoms. The van der Waals surface area contributed by atoms with E-state index in [9.17, 15) is 14.4 Å². The molecule has 67 heavy (non-hydrogen) atoms. The highest BCUT2D eigenvalue weighted by Crippen LogP contribution is 2.12. The maximum absolute atomic E-state index is 12.8. The molecule has 0 fully saturated rings. The Hall–Kier alpha value is -4.45. The van der Waals surface area contributed by atoms with E-state index in [0.717, 1.165) is 109 Å². The van der Waals surface area contributed by atoms with Crippen LogP contribution in [0, 0.1) is 0 Å². The van der Waals surface area contributed by atoms with Gasteiger partial charge in [0.1, 0.15) is 13.2 Å². The van der Waals surface area contributed by atoms with Crippen molar-refractivity contribution in [3.05, 3.63) is 134 Å². The summed E-state index contributed by atoms with van der Waals surface area (Å²) in [6.45, 7) is 6.27. The second-order valence-corrected chi connectivity index (χ2v) is 17.0. The normalized spacial score (nSPS) is 13.2. The van der Waals surface area contributed by atoms with Crippen LogP contribution >= 0.6 is 0 Å². The summed E-state index contributed by atoms with van der Waals surface area (Å²) in [5, 5.41) is 0. The number of rotatable bonds is 46. The second kappa shape index (κ2) is 54.2. The molecule has 0 aromatic heterocycles. The van der Waals surface area contributed by atoms with E-state index < -0.39 is 6.10 Å². The summed E-state index contributed by atoms with van der Waals surface area (Å²) in [5.74, 6) is -1.07. The SMILES string of the molecule is CC/C=C\C/C=C\C/C=C\C/C=C\C/C=C\C/C=C\CCCCC(=O)OCC(COC(=O)CC/C=C\C/C=C\C/C=C\C/C=C\CC)OC(=O)CCCCCCC/C=C\CCCCCCCC. The molecule has 0 aromatic rings. The van der Waals surface area contributed by atoms with Crippen molar-refractivity contribution in [2.75, 3.05) is 13.2 Å². The molecule has 1 unspecified atom stereocenters. The van der Waals surface area contributed by atoms with E-state index in [2.05, 4.69) is 142 Å². The summed E-state index contributed by atoms with van der Waals surface area (Å²) in [4.78, 5) is 38.0. The fourth-order valence-electron chi connectivity index (χ4n) is 6.69. The van der Waals surface area contributed by atoms with Crippen LogP contribution in [0.3, 0.4) is 0 Å². The number of esters is 3. The van der Waals surface area contributed by atoms with Gasteiger partial charge in [-0.2, -0.15) is 0 Å². The largest absolute Gasteiger partial charge is 0.462 e. The van der Waals surface area contributed by atoms with Crippen molar-refractivity contribution >= 4 is 17.9 Å². The summed E-state index contributed by atoms with van der Waals surface area (Å²) in [7, 11) is 0. The minimum absolute atomic E-state index is 0.131. The van der Waals surface area contributed by atoms with Gasteiger partial charge in [0.25, 0.3) is 0 Å². The third-order valence-corrected chi connectivity index (χ3v) is 10.6. The summed E-state index contributed by atoms with van der Waals surface area (Å²) >= 11 is 0. The zero-order valence-electron chi connectivity index (χ0n) is 42.9. The van der Waals surface area contributed by atoms with E-state index in [1.807, 2.05) is 12.2 Å². The molecule has 0 aromatic carbocycles. The molecule has 0 aliphatic rings. The van der Waals surface area contributed by atoms with E-state index in [0.29, 0.717) is 12.8 Å². The molecular weight excluding hydrogens is 829 g/mol. The van der Waals surface area contributed by atoms with Crippen molar-refractivity contribution in [1.29, 1.82) is 0 Å². The average Bonchev–Trinajstić information content (AvgIpc) is 3.33. The Bertz CT molecular complexity index is 1480. The molecule has 0 saturated carbocycles. The number of hydrogen-bond donors (Lipinski definition) is 0. The van der Waals surface area contributed by atoms with Gasteiger partial charge in [-0.3, -0.25) is 14.4 Å². The zero-order chi connectivity index (χ0) is 48.6. The number of allylic oxidation sites excluding steroid dienone is 22.